The Labute approximate surface area is 130 Å². The Bertz CT molecular complexity index is 604. The molecule has 0 amide bonds. The number of nitrogens with zero attached hydrogens (tertiary/aromatic N) is 1. The number of methoxy groups -OCH3 is 1. The summed E-state index contributed by atoms with van der Waals surface area (Å²) in [5.74, 6) is 1.37. The van der Waals surface area contributed by atoms with Crippen LogP contribution >= 0.6 is 11.3 Å². The highest BCUT2D eigenvalue weighted by molar-refractivity contribution is 7.09. The lowest BCUT2D eigenvalue weighted by Crippen LogP contribution is -2.24. The third-order valence-corrected chi connectivity index (χ3v) is 4.71. The van der Waals surface area contributed by atoms with E-state index in [0.29, 0.717) is 12.0 Å². The molecule has 2 aromatic rings. The van der Waals surface area contributed by atoms with E-state index in [1.165, 1.54) is 24.1 Å². The smallest absolute Gasteiger partial charge is 0.119 e. The van der Waals surface area contributed by atoms with Gasteiger partial charge in [0.25, 0.3) is 0 Å². The van der Waals surface area contributed by atoms with Gasteiger partial charge in [-0.25, -0.2) is 4.98 Å². The second-order valence-corrected chi connectivity index (χ2v) is 6.81. The molecule has 0 bridgehead atoms. The molecule has 1 N–H and O–H groups in total. The quantitative estimate of drug-likeness (QED) is 0.871. The second kappa shape index (κ2) is 6.16. The minimum atomic E-state index is 0.171. The van der Waals surface area contributed by atoms with E-state index >= 15 is 0 Å². The van der Waals surface area contributed by atoms with Gasteiger partial charge in [0.2, 0.25) is 0 Å². The minimum Gasteiger partial charge on any atom is -0.497 e. The zero-order chi connectivity index (χ0) is 14.8. The van der Waals surface area contributed by atoms with Crippen LogP contribution in [0.5, 0.6) is 5.75 Å². The zero-order valence-electron chi connectivity index (χ0n) is 12.8. The Kier molecular flexibility index (Phi) is 4.27. The largest absolute Gasteiger partial charge is 0.497 e. The number of benzene rings is 1. The summed E-state index contributed by atoms with van der Waals surface area (Å²) < 4.78 is 5.36. The Hall–Kier alpha value is -1.39. The summed E-state index contributed by atoms with van der Waals surface area (Å²) in [4.78, 5) is 4.84. The normalized spacial score (nSPS) is 16.2. The molecular formula is C17H22N2OS. The average molecular weight is 302 g/mol. The SMILES string of the molecule is COc1cccc(C(NC2CC2)c2nc(C(C)C)cs2)c1. The molecule has 1 unspecified atom stereocenters. The van der Waals surface area contributed by atoms with Gasteiger partial charge in [-0.05, 0) is 36.5 Å². The third-order valence-electron chi connectivity index (χ3n) is 3.79. The van der Waals surface area contributed by atoms with Gasteiger partial charge < -0.3 is 10.1 Å². The van der Waals surface area contributed by atoms with Crippen molar-refractivity contribution >= 4 is 11.3 Å². The molecule has 1 aromatic carbocycles. The molecule has 3 nitrogen and oxygen atoms in total. The third kappa shape index (κ3) is 3.44. The Balaban J connectivity index is 1.91. The molecule has 1 atom stereocenters. The fourth-order valence-electron chi connectivity index (χ4n) is 2.32. The molecule has 1 aliphatic carbocycles. The van der Waals surface area contributed by atoms with Crippen LogP contribution in [-0.2, 0) is 0 Å². The molecule has 1 fully saturated rings. The molecule has 112 valence electrons. The Morgan fingerprint density at radius 3 is 2.76 bits per heavy atom. The lowest BCUT2D eigenvalue weighted by Gasteiger charge is -2.17. The number of ether oxygens (including phenoxy) is 1. The topological polar surface area (TPSA) is 34.1 Å². The van der Waals surface area contributed by atoms with Crippen LogP contribution in [-0.4, -0.2) is 18.1 Å². The number of aromatic nitrogens is 1. The molecule has 1 aliphatic rings. The maximum Gasteiger partial charge on any atom is 0.119 e. The van der Waals surface area contributed by atoms with Gasteiger partial charge in [-0.15, -0.1) is 11.3 Å². The highest BCUT2D eigenvalue weighted by Gasteiger charge is 2.28. The monoisotopic (exact) mass is 302 g/mol. The molecular weight excluding hydrogens is 280 g/mol. The van der Waals surface area contributed by atoms with Crippen LogP contribution < -0.4 is 10.1 Å². The summed E-state index contributed by atoms with van der Waals surface area (Å²) in [7, 11) is 1.71. The highest BCUT2D eigenvalue weighted by atomic mass is 32.1. The summed E-state index contributed by atoms with van der Waals surface area (Å²) in [5, 5.41) is 7.05. The first-order chi connectivity index (χ1) is 10.2. The number of hydrogen-bond donors (Lipinski definition) is 1. The van der Waals surface area contributed by atoms with Crippen molar-refractivity contribution in [2.45, 2.75) is 44.7 Å². The standard InChI is InChI=1S/C17H22N2OS/c1-11(2)15-10-21-17(19-15)16(18-13-7-8-13)12-5-4-6-14(9-12)20-3/h4-6,9-11,13,16,18H,7-8H2,1-3H3. The molecule has 0 saturated heterocycles. The van der Waals surface area contributed by atoms with Crippen LogP contribution in [0, 0.1) is 0 Å². The summed E-state index contributed by atoms with van der Waals surface area (Å²) in [6.07, 6.45) is 2.53. The van der Waals surface area contributed by atoms with Gasteiger partial charge in [-0.2, -0.15) is 0 Å². The van der Waals surface area contributed by atoms with Gasteiger partial charge in [-0.1, -0.05) is 26.0 Å². The van der Waals surface area contributed by atoms with E-state index in [9.17, 15) is 0 Å². The molecule has 0 radical (unpaired) electrons. The Morgan fingerprint density at radius 1 is 1.33 bits per heavy atom. The first-order valence-electron chi connectivity index (χ1n) is 7.52. The van der Waals surface area contributed by atoms with Crippen molar-refractivity contribution in [1.82, 2.24) is 10.3 Å². The van der Waals surface area contributed by atoms with E-state index in [4.69, 9.17) is 9.72 Å². The molecule has 0 aliphatic heterocycles. The van der Waals surface area contributed by atoms with E-state index in [0.717, 1.165) is 10.8 Å². The predicted molar refractivity (Wildman–Crippen MR) is 87.2 cm³/mol. The van der Waals surface area contributed by atoms with Gasteiger partial charge in [0.15, 0.2) is 0 Å². The Morgan fingerprint density at radius 2 is 2.14 bits per heavy atom. The molecule has 1 aromatic heterocycles. The number of hydrogen-bond acceptors (Lipinski definition) is 4. The van der Waals surface area contributed by atoms with E-state index < -0.39 is 0 Å². The first kappa shape index (κ1) is 14.5. The molecule has 3 rings (SSSR count). The molecule has 0 spiro atoms. The van der Waals surface area contributed by atoms with E-state index in [1.807, 2.05) is 12.1 Å². The summed E-state index contributed by atoms with van der Waals surface area (Å²) in [6, 6.07) is 9.10. The molecule has 1 saturated carbocycles. The lowest BCUT2D eigenvalue weighted by molar-refractivity contribution is 0.413. The van der Waals surface area contributed by atoms with Crippen LogP contribution in [0.3, 0.4) is 0 Å². The summed E-state index contributed by atoms with van der Waals surface area (Å²) >= 11 is 1.75. The molecule has 1 heterocycles. The second-order valence-electron chi connectivity index (χ2n) is 5.92. The van der Waals surface area contributed by atoms with Crippen molar-refractivity contribution in [1.29, 1.82) is 0 Å². The van der Waals surface area contributed by atoms with E-state index in [2.05, 4.69) is 36.7 Å². The van der Waals surface area contributed by atoms with Crippen molar-refractivity contribution in [3.8, 4) is 5.75 Å². The van der Waals surface area contributed by atoms with Crippen molar-refractivity contribution < 1.29 is 4.74 Å². The molecule has 4 heteroatoms. The van der Waals surface area contributed by atoms with Crippen LogP contribution in [0.25, 0.3) is 0 Å². The van der Waals surface area contributed by atoms with Crippen molar-refractivity contribution in [3.63, 3.8) is 0 Å². The summed E-state index contributed by atoms with van der Waals surface area (Å²) in [5.41, 5.74) is 2.41. The van der Waals surface area contributed by atoms with Crippen molar-refractivity contribution in [3.05, 3.63) is 45.9 Å². The van der Waals surface area contributed by atoms with Crippen molar-refractivity contribution in [2.24, 2.45) is 0 Å². The fraction of sp³-hybridized carbons (Fsp3) is 0.471. The van der Waals surface area contributed by atoms with Gasteiger partial charge in [-0.3, -0.25) is 0 Å². The number of nitrogens with one attached hydrogen (secondary N) is 1. The van der Waals surface area contributed by atoms with Crippen LogP contribution in [0.1, 0.15) is 54.9 Å². The van der Waals surface area contributed by atoms with E-state index in [1.54, 1.807) is 18.4 Å². The number of rotatable bonds is 6. The van der Waals surface area contributed by atoms with E-state index in [-0.39, 0.29) is 6.04 Å². The zero-order valence-corrected chi connectivity index (χ0v) is 13.6. The van der Waals surface area contributed by atoms with Gasteiger partial charge >= 0.3 is 0 Å². The average Bonchev–Trinajstić information content (AvgIpc) is 3.18. The minimum absolute atomic E-state index is 0.171. The van der Waals surface area contributed by atoms with Crippen LogP contribution in [0.4, 0.5) is 0 Å². The van der Waals surface area contributed by atoms with Crippen LogP contribution in [0.2, 0.25) is 0 Å². The summed E-state index contributed by atoms with van der Waals surface area (Å²) in [6.45, 7) is 4.38. The first-order valence-corrected chi connectivity index (χ1v) is 8.40. The highest BCUT2D eigenvalue weighted by Crippen LogP contribution is 2.32. The fourth-order valence-corrected chi connectivity index (χ4v) is 3.38. The van der Waals surface area contributed by atoms with Gasteiger partial charge in [0.1, 0.15) is 10.8 Å². The number of thiazole rings is 1. The van der Waals surface area contributed by atoms with Gasteiger partial charge in [0, 0.05) is 11.4 Å². The van der Waals surface area contributed by atoms with Crippen molar-refractivity contribution in [2.75, 3.05) is 7.11 Å². The maximum absolute atomic E-state index is 5.36. The lowest BCUT2D eigenvalue weighted by atomic mass is 10.1. The van der Waals surface area contributed by atoms with Crippen LogP contribution in [0.15, 0.2) is 29.6 Å². The van der Waals surface area contributed by atoms with Gasteiger partial charge in [0.05, 0.1) is 18.8 Å². The maximum atomic E-state index is 5.36. The predicted octanol–water partition coefficient (Wildman–Crippen LogP) is 4.12. The molecule has 21 heavy (non-hydrogen) atoms.